The molecule has 8 heteroatoms. The third-order valence-electron chi connectivity index (χ3n) is 2.79. The summed E-state index contributed by atoms with van der Waals surface area (Å²) in [5.41, 5.74) is 0. The molecule has 0 unspecified atom stereocenters. The predicted molar refractivity (Wildman–Crippen MR) is 70.0 cm³/mol. The van der Waals surface area contributed by atoms with Crippen LogP contribution in [0.1, 0.15) is 33.1 Å². The van der Waals surface area contributed by atoms with Gasteiger partial charge in [-0.3, -0.25) is 4.79 Å². The topological polar surface area (TPSA) is 95.9 Å². The molecule has 112 valence electrons. The molecule has 0 aliphatic carbocycles. The van der Waals surface area contributed by atoms with Gasteiger partial charge in [-0.05, 0) is 26.7 Å². The number of ether oxygens (including phenoxy) is 1. The molecule has 1 saturated heterocycles. The molecule has 1 heterocycles. The lowest BCUT2D eigenvalue weighted by molar-refractivity contribution is -0.138. The molecular weight excluding hydrogens is 272 g/mol. The van der Waals surface area contributed by atoms with E-state index in [2.05, 4.69) is 4.72 Å². The Morgan fingerprint density at radius 2 is 2.00 bits per heavy atom. The van der Waals surface area contributed by atoms with Crippen LogP contribution in [0.25, 0.3) is 0 Å². The number of rotatable bonds is 7. The van der Waals surface area contributed by atoms with Gasteiger partial charge in [0.05, 0.1) is 19.1 Å². The van der Waals surface area contributed by atoms with Crippen LogP contribution >= 0.6 is 0 Å². The van der Waals surface area contributed by atoms with Crippen molar-refractivity contribution in [3.8, 4) is 0 Å². The van der Waals surface area contributed by atoms with Crippen molar-refractivity contribution >= 4 is 16.2 Å². The largest absolute Gasteiger partial charge is 0.481 e. The molecule has 0 aromatic rings. The fourth-order valence-corrected chi connectivity index (χ4v) is 3.36. The van der Waals surface area contributed by atoms with Crippen molar-refractivity contribution in [3.05, 3.63) is 0 Å². The molecule has 0 radical (unpaired) electrons. The monoisotopic (exact) mass is 294 g/mol. The van der Waals surface area contributed by atoms with Gasteiger partial charge in [0.25, 0.3) is 10.2 Å². The molecule has 0 bridgehead atoms. The second-order valence-corrected chi connectivity index (χ2v) is 6.59. The summed E-state index contributed by atoms with van der Waals surface area (Å²) in [5.74, 6) is -0.888. The van der Waals surface area contributed by atoms with Gasteiger partial charge in [-0.1, -0.05) is 0 Å². The first kappa shape index (κ1) is 16.4. The first-order valence-electron chi connectivity index (χ1n) is 6.42. The van der Waals surface area contributed by atoms with Gasteiger partial charge in [0.1, 0.15) is 0 Å². The highest BCUT2D eigenvalue weighted by atomic mass is 32.2. The SMILES string of the molecule is CC(C)NS(=O)(=O)N1CCC(OCCC(=O)O)CC1. The van der Waals surface area contributed by atoms with E-state index in [-0.39, 0.29) is 25.2 Å². The van der Waals surface area contributed by atoms with Crippen LogP contribution in [0.4, 0.5) is 0 Å². The van der Waals surface area contributed by atoms with E-state index in [9.17, 15) is 13.2 Å². The van der Waals surface area contributed by atoms with Gasteiger partial charge >= 0.3 is 5.97 Å². The molecule has 1 aliphatic heterocycles. The standard InChI is InChI=1S/C11H22N2O5S/c1-9(2)12-19(16,17)13-6-3-10(4-7-13)18-8-5-11(14)15/h9-10,12H,3-8H2,1-2H3,(H,14,15). The molecule has 7 nitrogen and oxygen atoms in total. The van der Waals surface area contributed by atoms with Crippen LogP contribution in [0.15, 0.2) is 0 Å². The van der Waals surface area contributed by atoms with Crippen molar-refractivity contribution in [2.24, 2.45) is 0 Å². The molecule has 1 fully saturated rings. The zero-order valence-electron chi connectivity index (χ0n) is 11.3. The van der Waals surface area contributed by atoms with Gasteiger partial charge in [0.15, 0.2) is 0 Å². The Balaban J connectivity index is 2.34. The van der Waals surface area contributed by atoms with Crippen LogP contribution < -0.4 is 4.72 Å². The number of nitrogens with zero attached hydrogens (tertiary/aromatic N) is 1. The Labute approximate surface area is 114 Å². The second-order valence-electron chi connectivity index (χ2n) is 4.89. The highest BCUT2D eigenvalue weighted by Crippen LogP contribution is 2.16. The smallest absolute Gasteiger partial charge is 0.305 e. The summed E-state index contributed by atoms with van der Waals surface area (Å²) in [5, 5.41) is 8.50. The van der Waals surface area contributed by atoms with E-state index >= 15 is 0 Å². The van der Waals surface area contributed by atoms with Crippen LogP contribution in [-0.2, 0) is 19.7 Å². The van der Waals surface area contributed by atoms with E-state index < -0.39 is 16.2 Å². The summed E-state index contributed by atoms with van der Waals surface area (Å²) in [7, 11) is -3.41. The summed E-state index contributed by atoms with van der Waals surface area (Å²) < 4.78 is 33.2. The van der Waals surface area contributed by atoms with Crippen LogP contribution in [0, 0.1) is 0 Å². The fourth-order valence-electron chi connectivity index (χ4n) is 1.92. The van der Waals surface area contributed by atoms with Crippen molar-refractivity contribution in [2.75, 3.05) is 19.7 Å². The molecule has 0 aromatic heterocycles. The summed E-state index contributed by atoms with van der Waals surface area (Å²) in [4.78, 5) is 10.4. The molecule has 0 atom stereocenters. The van der Waals surface area contributed by atoms with E-state index in [4.69, 9.17) is 9.84 Å². The zero-order chi connectivity index (χ0) is 14.5. The molecule has 0 spiro atoms. The number of carboxylic acid groups (broad SMARTS) is 1. The molecule has 0 aromatic carbocycles. The van der Waals surface area contributed by atoms with Crippen molar-refractivity contribution in [1.82, 2.24) is 9.03 Å². The number of hydrogen-bond donors (Lipinski definition) is 2. The Morgan fingerprint density at radius 3 is 2.47 bits per heavy atom. The minimum atomic E-state index is -3.41. The molecular formula is C11H22N2O5S. The van der Waals surface area contributed by atoms with Gasteiger partial charge in [-0.15, -0.1) is 0 Å². The molecule has 19 heavy (non-hydrogen) atoms. The highest BCUT2D eigenvalue weighted by molar-refractivity contribution is 7.87. The summed E-state index contributed by atoms with van der Waals surface area (Å²) in [6.07, 6.45) is 1.12. The molecule has 1 rings (SSSR count). The van der Waals surface area contributed by atoms with Gasteiger partial charge in [-0.2, -0.15) is 17.4 Å². The Morgan fingerprint density at radius 1 is 1.42 bits per heavy atom. The fraction of sp³-hybridized carbons (Fsp3) is 0.909. The minimum absolute atomic E-state index is 0.0204. The lowest BCUT2D eigenvalue weighted by atomic mass is 10.1. The van der Waals surface area contributed by atoms with Crippen molar-refractivity contribution < 1.29 is 23.1 Å². The number of nitrogens with one attached hydrogen (secondary N) is 1. The molecule has 0 amide bonds. The molecule has 2 N–H and O–H groups in total. The Hall–Kier alpha value is -0.700. The molecule has 0 saturated carbocycles. The lowest BCUT2D eigenvalue weighted by Crippen LogP contribution is -2.48. The van der Waals surface area contributed by atoms with Gasteiger partial charge in [0, 0.05) is 19.1 Å². The summed E-state index contributed by atoms with van der Waals surface area (Å²) in [6.45, 7) is 4.54. The Kier molecular flexibility index (Phi) is 6.18. The average molecular weight is 294 g/mol. The Bertz CT molecular complexity index is 388. The van der Waals surface area contributed by atoms with E-state index in [1.54, 1.807) is 13.8 Å². The zero-order valence-corrected chi connectivity index (χ0v) is 12.1. The van der Waals surface area contributed by atoms with Crippen LogP contribution in [0.5, 0.6) is 0 Å². The maximum atomic E-state index is 11.9. The van der Waals surface area contributed by atoms with Crippen LogP contribution in [-0.4, -0.2) is 55.6 Å². The van der Waals surface area contributed by atoms with Gasteiger partial charge in [-0.25, -0.2) is 0 Å². The maximum absolute atomic E-state index is 11.9. The average Bonchev–Trinajstić information content (AvgIpc) is 2.27. The number of carbonyl (C=O) groups is 1. The number of carboxylic acids is 1. The van der Waals surface area contributed by atoms with Crippen molar-refractivity contribution in [1.29, 1.82) is 0 Å². The maximum Gasteiger partial charge on any atom is 0.305 e. The summed E-state index contributed by atoms with van der Waals surface area (Å²) in [6, 6.07) is -0.130. The van der Waals surface area contributed by atoms with Crippen LogP contribution in [0.3, 0.4) is 0 Å². The first-order chi connectivity index (χ1) is 8.81. The van der Waals surface area contributed by atoms with Crippen molar-refractivity contribution in [3.63, 3.8) is 0 Å². The van der Waals surface area contributed by atoms with Gasteiger partial charge < -0.3 is 9.84 Å². The number of aliphatic carboxylic acids is 1. The van der Waals surface area contributed by atoms with Crippen molar-refractivity contribution in [2.45, 2.75) is 45.3 Å². The van der Waals surface area contributed by atoms with Gasteiger partial charge in [0.2, 0.25) is 0 Å². The third-order valence-corrected chi connectivity index (χ3v) is 4.61. The summed E-state index contributed by atoms with van der Waals surface area (Å²) >= 11 is 0. The predicted octanol–water partition coefficient (Wildman–Crippen LogP) is 0.185. The third kappa shape index (κ3) is 5.85. The van der Waals surface area contributed by atoms with E-state index in [1.807, 2.05) is 0 Å². The number of hydrogen-bond acceptors (Lipinski definition) is 4. The van der Waals surface area contributed by atoms with E-state index in [1.165, 1.54) is 4.31 Å². The minimum Gasteiger partial charge on any atom is -0.481 e. The van der Waals surface area contributed by atoms with Crippen LogP contribution in [0.2, 0.25) is 0 Å². The first-order valence-corrected chi connectivity index (χ1v) is 7.86. The lowest BCUT2D eigenvalue weighted by Gasteiger charge is -2.31. The second kappa shape index (κ2) is 7.18. The number of piperidine rings is 1. The highest BCUT2D eigenvalue weighted by Gasteiger charge is 2.28. The molecule has 1 aliphatic rings. The van der Waals surface area contributed by atoms with E-state index in [0.717, 1.165) is 0 Å². The quantitative estimate of drug-likeness (QED) is 0.698. The van der Waals surface area contributed by atoms with E-state index in [0.29, 0.717) is 25.9 Å². The normalized spacial score (nSPS) is 18.9.